The first-order chi connectivity index (χ1) is 14.0. The molecule has 1 aromatic carbocycles. The van der Waals surface area contributed by atoms with Gasteiger partial charge in [0.05, 0.1) is 6.04 Å². The maximum absolute atomic E-state index is 12.9. The van der Waals surface area contributed by atoms with Crippen LogP contribution in [0.1, 0.15) is 44.5 Å². The molecule has 5 heteroatoms. The second kappa shape index (κ2) is 8.13. The number of anilines is 1. The Morgan fingerprint density at radius 1 is 1.03 bits per heavy atom. The lowest BCUT2D eigenvalue weighted by Crippen LogP contribution is -2.46. The average molecular weight is 386 g/mol. The molecular formula is C24H26N4O. The van der Waals surface area contributed by atoms with Crippen molar-refractivity contribution in [1.29, 1.82) is 0 Å². The van der Waals surface area contributed by atoms with E-state index < -0.39 is 0 Å². The molecule has 29 heavy (non-hydrogen) atoms. The number of aryl methyl sites for hydroxylation is 3. The summed E-state index contributed by atoms with van der Waals surface area (Å²) in [5.41, 5.74) is 5.74. The van der Waals surface area contributed by atoms with Crippen LogP contribution in [0.15, 0.2) is 54.7 Å². The van der Waals surface area contributed by atoms with Crippen LogP contribution < -0.4 is 10.2 Å². The Bertz CT molecular complexity index is 1030. The lowest BCUT2D eigenvalue weighted by molar-refractivity contribution is 0.103. The third-order valence-corrected chi connectivity index (χ3v) is 5.61. The highest BCUT2D eigenvalue weighted by atomic mass is 16.1. The van der Waals surface area contributed by atoms with Crippen molar-refractivity contribution in [1.82, 2.24) is 15.3 Å². The van der Waals surface area contributed by atoms with E-state index in [1.807, 2.05) is 19.1 Å². The van der Waals surface area contributed by atoms with E-state index in [1.54, 1.807) is 24.4 Å². The first-order valence-corrected chi connectivity index (χ1v) is 10.0. The van der Waals surface area contributed by atoms with Crippen molar-refractivity contribution in [3.63, 3.8) is 0 Å². The summed E-state index contributed by atoms with van der Waals surface area (Å²) in [5, 5.41) is 3.64. The minimum absolute atomic E-state index is 0.0844. The largest absolute Gasteiger partial charge is 0.353 e. The molecule has 5 nitrogen and oxygen atoms in total. The van der Waals surface area contributed by atoms with E-state index in [0.717, 1.165) is 31.1 Å². The molecule has 1 unspecified atom stereocenters. The second-order valence-corrected chi connectivity index (χ2v) is 7.60. The molecule has 1 atom stereocenters. The van der Waals surface area contributed by atoms with E-state index in [-0.39, 0.29) is 11.8 Å². The highest BCUT2D eigenvalue weighted by molar-refractivity contribution is 6.08. The van der Waals surface area contributed by atoms with Crippen LogP contribution in [0.5, 0.6) is 0 Å². The maximum atomic E-state index is 12.9. The highest BCUT2D eigenvalue weighted by Crippen LogP contribution is 2.26. The lowest BCUT2D eigenvalue weighted by Gasteiger charge is -2.36. The van der Waals surface area contributed by atoms with Gasteiger partial charge < -0.3 is 10.2 Å². The molecule has 148 valence electrons. The molecule has 0 radical (unpaired) electrons. The molecule has 4 rings (SSSR count). The first kappa shape index (κ1) is 19.3. The first-order valence-electron chi connectivity index (χ1n) is 10.0. The molecule has 0 bridgehead atoms. The number of aromatic nitrogens is 2. The zero-order chi connectivity index (χ0) is 20.4. The zero-order valence-electron chi connectivity index (χ0n) is 17.1. The third-order valence-electron chi connectivity index (χ3n) is 5.61. The number of ketones is 1. The van der Waals surface area contributed by atoms with Crippen molar-refractivity contribution in [3.8, 4) is 0 Å². The lowest BCUT2D eigenvalue weighted by atomic mass is 9.94. The number of benzene rings is 1. The van der Waals surface area contributed by atoms with E-state index in [0.29, 0.717) is 11.3 Å². The summed E-state index contributed by atoms with van der Waals surface area (Å²) >= 11 is 0. The Hall–Kier alpha value is -3.05. The van der Waals surface area contributed by atoms with Crippen LogP contribution in [0.2, 0.25) is 0 Å². The van der Waals surface area contributed by atoms with Crippen LogP contribution >= 0.6 is 0 Å². The molecule has 0 amide bonds. The van der Waals surface area contributed by atoms with E-state index in [2.05, 4.69) is 47.2 Å². The van der Waals surface area contributed by atoms with Gasteiger partial charge in [0.1, 0.15) is 11.5 Å². The van der Waals surface area contributed by atoms with Gasteiger partial charge >= 0.3 is 0 Å². The Kier molecular flexibility index (Phi) is 5.41. The third kappa shape index (κ3) is 3.91. The molecule has 1 N–H and O–H groups in total. The summed E-state index contributed by atoms with van der Waals surface area (Å²) in [5.74, 6) is 0.758. The molecule has 2 aromatic heterocycles. The minimum Gasteiger partial charge on any atom is -0.353 e. The van der Waals surface area contributed by atoms with Crippen molar-refractivity contribution in [2.24, 2.45) is 0 Å². The fourth-order valence-corrected chi connectivity index (χ4v) is 4.12. The number of carbonyl (C=O) groups excluding carboxylic acids is 1. The predicted octanol–water partition coefficient (Wildman–Crippen LogP) is 3.78. The van der Waals surface area contributed by atoms with Gasteiger partial charge in [0.2, 0.25) is 5.78 Å². The molecule has 1 aliphatic heterocycles. The summed E-state index contributed by atoms with van der Waals surface area (Å²) < 4.78 is 0. The van der Waals surface area contributed by atoms with E-state index in [9.17, 15) is 4.79 Å². The van der Waals surface area contributed by atoms with E-state index >= 15 is 0 Å². The fourth-order valence-electron chi connectivity index (χ4n) is 4.12. The van der Waals surface area contributed by atoms with Crippen LogP contribution in [0.25, 0.3) is 0 Å². The van der Waals surface area contributed by atoms with E-state index in [1.165, 1.54) is 16.7 Å². The van der Waals surface area contributed by atoms with Crippen molar-refractivity contribution in [2.75, 3.05) is 24.5 Å². The van der Waals surface area contributed by atoms with Crippen molar-refractivity contribution >= 4 is 11.6 Å². The molecule has 1 fully saturated rings. The summed E-state index contributed by atoms with van der Waals surface area (Å²) in [6.45, 7) is 8.73. The molecule has 0 aliphatic carbocycles. The Balaban J connectivity index is 1.60. The molecule has 3 heterocycles. The molecular weight excluding hydrogens is 360 g/mol. The molecule has 1 aliphatic rings. The quantitative estimate of drug-likeness (QED) is 0.692. The maximum Gasteiger partial charge on any atom is 0.213 e. The standard InChI is InChI=1S/C24H26N4O/c1-16-7-4-8-17(2)23(16)21-15-28(14-13-26-21)22-11-5-10-20(27-22)24(29)19-9-6-12-25-18(19)3/h4-12,21,26H,13-15H2,1-3H3. The number of rotatable bonds is 4. The summed E-state index contributed by atoms with van der Waals surface area (Å²) in [6, 6.07) is 15.9. The van der Waals surface area contributed by atoms with Gasteiger partial charge in [-0.05, 0) is 61.7 Å². The van der Waals surface area contributed by atoms with Gasteiger partial charge in [-0.25, -0.2) is 4.98 Å². The van der Waals surface area contributed by atoms with Gasteiger partial charge in [0.25, 0.3) is 0 Å². The van der Waals surface area contributed by atoms with Crippen LogP contribution in [-0.2, 0) is 0 Å². The number of carbonyl (C=O) groups is 1. The number of nitrogens with one attached hydrogen (secondary N) is 1. The fraction of sp³-hybridized carbons (Fsp3) is 0.292. The molecule has 1 saturated heterocycles. The number of hydrogen-bond acceptors (Lipinski definition) is 5. The van der Waals surface area contributed by atoms with Crippen LogP contribution in [0, 0.1) is 20.8 Å². The highest BCUT2D eigenvalue weighted by Gasteiger charge is 2.24. The van der Waals surface area contributed by atoms with Crippen LogP contribution in [-0.4, -0.2) is 35.4 Å². The van der Waals surface area contributed by atoms with Gasteiger partial charge in [0, 0.05) is 37.1 Å². The van der Waals surface area contributed by atoms with Crippen molar-refractivity contribution < 1.29 is 4.79 Å². The predicted molar refractivity (Wildman–Crippen MR) is 116 cm³/mol. The Labute approximate surface area is 171 Å². The SMILES string of the molecule is Cc1cccc(C)c1C1CN(c2cccc(C(=O)c3cccnc3C)n2)CCN1. The number of hydrogen-bond donors (Lipinski definition) is 1. The monoisotopic (exact) mass is 386 g/mol. The minimum atomic E-state index is -0.0844. The number of piperazine rings is 1. The van der Waals surface area contributed by atoms with Gasteiger partial charge in [-0.3, -0.25) is 9.78 Å². The topological polar surface area (TPSA) is 58.1 Å². The van der Waals surface area contributed by atoms with Crippen LogP contribution in [0.3, 0.4) is 0 Å². The Morgan fingerprint density at radius 2 is 1.79 bits per heavy atom. The van der Waals surface area contributed by atoms with Gasteiger partial charge in [-0.15, -0.1) is 0 Å². The summed E-state index contributed by atoms with van der Waals surface area (Å²) in [7, 11) is 0. The second-order valence-electron chi connectivity index (χ2n) is 7.60. The van der Waals surface area contributed by atoms with Gasteiger partial charge in [-0.1, -0.05) is 24.3 Å². The van der Waals surface area contributed by atoms with Crippen molar-refractivity contribution in [2.45, 2.75) is 26.8 Å². The van der Waals surface area contributed by atoms with Gasteiger partial charge in [0.15, 0.2) is 0 Å². The number of nitrogens with zero attached hydrogens (tertiary/aromatic N) is 3. The molecule has 0 saturated carbocycles. The molecule has 3 aromatic rings. The molecule has 0 spiro atoms. The number of pyridine rings is 2. The summed E-state index contributed by atoms with van der Waals surface area (Å²) in [4.78, 5) is 24.1. The smallest absolute Gasteiger partial charge is 0.213 e. The van der Waals surface area contributed by atoms with Crippen LogP contribution in [0.4, 0.5) is 5.82 Å². The zero-order valence-corrected chi connectivity index (χ0v) is 17.1. The van der Waals surface area contributed by atoms with Crippen molar-refractivity contribution in [3.05, 3.63) is 88.4 Å². The Morgan fingerprint density at radius 3 is 2.55 bits per heavy atom. The van der Waals surface area contributed by atoms with Gasteiger partial charge in [-0.2, -0.15) is 0 Å². The average Bonchev–Trinajstić information content (AvgIpc) is 2.74. The summed E-state index contributed by atoms with van der Waals surface area (Å²) in [6.07, 6.45) is 1.70. The van der Waals surface area contributed by atoms with E-state index in [4.69, 9.17) is 4.98 Å². The normalized spacial score (nSPS) is 16.7.